The molecule has 0 bridgehead atoms. The van der Waals surface area contributed by atoms with Gasteiger partial charge in [0.05, 0.1) is 10.7 Å². The molecule has 1 N–H and O–H groups in total. The van der Waals surface area contributed by atoms with E-state index in [1.165, 1.54) is 0 Å². The van der Waals surface area contributed by atoms with Crippen molar-refractivity contribution >= 4 is 49.4 Å². The van der Waals surface area contributed by atoms with Crippen LogP contribution in [0.3, 0.4) is 0 Å². The molecular formula is C8H10Br2ClFO2. The van der Waals surface area contributed by atoms with Crippen molar-refractivity contribution in [1.29, 1.82) is 0 Å². The number of hydrogen-bond donors (Lipinski definition) is 1. The van der Waals surface area contributed by atoms with Gasteiger partial charge in [0.15, 0.2) is 0 Å². The molecule has 0 aromatic heterocycles. The lowest BCUT2D eigenvalue weighted by atomic mass is 10.1. The summed E-state index contributed by atoms with van der Waals surface area (Å²) in [5, 5.41) is 8.87. The molecule has 4 unspecified atom stereocenters. The Labute approximate surface area is 103 Å². The van der Waals surface area contributed by atoms with E-state index >= 15 is 0 Å². The van der Waals surface area contributed by atoms with Gasteiger partial charge < -0.3 is 5.11 Å². The summed E-state index contributed by atoms with van der Waals surface area (Å²) in [5.41, 5.74) is -0.417. The van der Waals surface area contributed by atoms with Crippen molar-refractivity contribution in [2.45, 2.75) is 22.7 Å². The quantitative estimate of drug-likeness (QED) is 0.791. The van der Waals surface area contributed by atoms with Crippen LogP contribution < -0.4 is 0 Å². The molecule has 0 amide bonds. The monoisotopic (exact) mass is 350 g/mol. The molecule has 1 aliphatic rings. The topological polar surface area (TPSA) is 37.3 Å². The second-order valence-corrected chi connectivity index (χ2v) is 7.25. The second-order valence-electron chi connectivity index (χ2n) is 4.11. The number of rotatable bonds is 3. The van der Waals surface area contributed by atoms with E-state index in [-0.39, 0.29) is 5.92 Å². The molecule has 2 nitrogen and oxygen atoms in total. The molecule has 82 valence electrons. The summed E-state index contributed by atoms with van der Waals surface area (Å²) < 4.78 is 11.2. The molecule has 0 heterocycles. The average molecular weight is 352 g/mol. The smallest absolute Gasteiger partial charge is 0.307 e. The standard InChI is InChI=1S/C8H10Br2ClFO2/c1-7(2)3(4(7)6(13)14)5(9)8(10,11)12/h3-5H,1-2H3,(H,13,14). The lowest BCUT2D eigenvalue weighted by molar-refractivity contribution is -0.139. The van der Waals surface area contributed by atoms with Gasteiger partial charge in [-0.2, -0.15) is 0 Å². The van der Waals surface area contributed by atoms with Gasteiger partial charge in [0.25, 0.3) is 0 Å². The summed E-state index contributed by atoms with van der Waals surface area (Å²) in [5.74, 6) is -1.75. The second kappa shape index (κ2) is 3.59. The molecule has 0 spiro atoms. The van der Waals surface area contributed by atoms with E-state index in [4.69, 9.17) is 16.7 Å². The summed E-state index contributed by atoms with van der Waals surface area (Å²) >= 11 is 11.2. The van der Waals surface area contributed by atoms with Crippen molar-refractivity contribution in [2.24, 2.45) is 17.3 Å². The number of carbonyl (C=O) groups is 1. The van der Waals surface area contributed by atoms with Crippen LogP contribution in [0, 0.1) is 17.3 Å². The number of halogens is 4. The van der Waals surface area contributed by atoms with E-state index in [0.717, 1.165) is 0 Å². The molecule has 0 aromatic carbocycles. The third-order valence-electron chi connectivity index (χ3n) is 2.80. The highest BCUT2D eigenvalue weighted by atomic mass is 79.9. The molecule has 0 aliphatic heterocycles. The van der Waals surface area contributed by atoms with Gasteiger partial charge in [-0.25, -0.2) is 4.39 Å². The normalized spacial score (nSPS) is 35.9. The van der Waals surface area contributed by atoms with Crippen LogP contribution in [-0.4, -0.2) is 19.9 Å². The molecule has 1 aliphatic carbocycles. The SMILES string of the molecule is CC1(C)C(C(=O)O)C1C(Br)C(F)(Cl)Br. The van der Waals surface area contributed by atoms with E-state index in [1.54, 1.807) is 13.8 Å². The van der Waals surface area contributed by atoms with Crippen LogP contribution >= 0.6 is 43.5 Å². The summed E-state index contributed by atoms with van der Waals surface area (Å²) in [6, 6.07) is 0. The first-order valence-corrected chi connectivity index (χ1v) is 6.12. The number of aliphatic carboxylic acids is 1. The Morgan fingerprint density at radius 2 is 2.14 bits per heavy atom. The van der Waals surface area contributed by atoms with E-state index in [0.29, 0.717) is 0 Å². The Morgan fingerprint density at radius 3 is 2.36 bits per heavy atom. The van der Waals surface area contributed by atoms with Gasteiger partial charge in [0.2, 0.25) is 4.04 Å². The summed E-state index contributed by atoms with van der Waals surface area (Å²) in [4.78, 5) is 10.1. The van der Waals surface area contributed by atoms with Crippen molar-refractivity contribution in [3.05, 3.63) is 0 Å². The highest BCUT2D eigenvalue weighted by Gasteiger charge is 2.67. The van der Waals surface area contributed by atoms with Crippen LogP contribution in [0.2, 0.25) is 0 Å². The molecule has 4 atom stereocenters. The number of carboxylic acid groups (broad SMARTS) is 1. The molecule has 14 heavy (non-hydrogen) atoms. The Bertz CT molecular complexity index is 265. The van der Waals surface area contributed by atoms with E-state index in [9.17, 15) is 9.18 Å². The van der Waals surface area contributed by atoms with Gasteiger partial charge in [-0.1, -0.05) is 41.4 Å². The van der Waals surface area contributed by atoms with Gasteiger partial charge in [-0.05, 0) is 27.3 Å². The van der Waals surface area contributed by atoms with Gasteiger partial charge in [0, 0.05) is 0 Å². The molecule has 1 rings (SSSR count). The summed E-state index contributed by atoms with van der Waals surface area (Å²) in [6.45, 7) is 3.58. The molecule has 1 fully saturated rings. The Hall–Kier alpha value is 0.650. The lowest BCUT2D eigenvalue weighted by Gasteiger charge is -2.18. The van der Waals surface area contributed by atoms with Crippen molar-refractivity contribution < 1.29 is 14.3 Å². The first kappa shape index (κ1) is 12.7. The minimum absolute atomic E-state index is 0.304. The number of carboxylic acids is 1. The van der Waals surface area contributed by atoms with Crippen molar-refractivity contribution in [3.63, 3.8) is 0 Å². The minimum Gasteiger partial charge on any atom is -0.481 e. The first-order valence-electron chi connectivity index (χ1n) is 4.03. The molecule has 0 aromatic rings. The summed E-state index contributed by atoms with van der Waals surface area (Å²) in [7, 11) is 0. The van der Waals surface area contributed by atoms with E-state index in [1.807, 2.05) is 0 Å². The Kier molecular flexibility index (Phi) is 3.27. The van der Waals surface area contributed by atoms with E-state index < -0.39 is 26.2 Å². The maximum atomic E-state index is 13.3. The third-order valence-corrected chi connectivity index (χ3v) is 5.61. The highest BCUT2D eigenvalue weighted by Crippen LogP contribution is 2.64. The molecule has 6 heteroatoms. The largest absolute Gasteiger partial charge is 0.481 e. The molecular weight excluding hydrogens is 342 g/mol. The van der Waals surface area contributed by atoms with E-state index in [2.05, 4.69) is 31.9 Å². The van der Waals surface area contributed by atoms with Gasteiger partial charge in [-0.15, -0.1) is 0 Å². The predicted molar refractivity (Wildman–Crippen MR) is 59.7 cm³/mol. The van der Waals surface area contributed by atoms with Crippen LogP contribution in [0.25, 0.3) is 0 Å². The number of hydrogen-bond acceptors (Lipinski definition) is 1. The van der Waals surface area contributed by atoms with Crippen LogP contribution in [0.5, 0.6) is 0 Å². The molecule has 0 saturated heterocycles. The Balaban J connectivity index is 2.79. The van der Waals surface area contributed by atoms with Crippen molar-refractivity contribution in [3.8, 4) is 0 Å². The van der Waals surface area contributed by atoms with Crippen LogP contribution in [0.4, 0.5) is 4.39 Å². The fraction of sp³-hybridized carbons (Fsp3) is 0.875. The highest BCUT2D eigenvalue weighted by molar-refractivity contribution is 9.13. The zero-order valence-electron chi connectivity index (χ0n) is 7.60. The van der Waals surface area contributed by atoms with Crippen LogP contribution in [0.1, 0.15) is 13.8 Å². The molecule has 0 radical (unpaired) electrons. The van der Waals surface area contributed by atoms with Gasteiger partial charge in [0.1, 0.15) is 0 Å². The minimum atomic E-state index is -2.10. The first-order chi connectivity index (χ1) is 6.10. The van der Waals surface area contributed by atoms with Crippen LogP contribution in [0.15, 0.2) is 0 Å². The fourth-order valence-corrected chi connectivity index (χ4v) is 3.31. The third kappa shape index (κ3) is 2.09. The average Bonchev–Trinajstić information content (AvgIpc) is 2.49. The Morgan fingerprint density at radius 1 is 1.71 bits per heavy atom. The zero-order chi connectivity index (χ0) is 11.3. The van der Waals surface area contributed by atoms with Crippen molar-refractivity contribution in [1.82, 2.24) is 0 Å². The number of alkyl halides is 4. The summed E-state index contributed by atoms with van der Waals surface area (Å²) in [6.07, 6.45) is 0. The van der Waals surface area contributed by atoms with Crippen LogP contribution in [-0.2, 0) is 4.79 Å². The van der Waals surface area contributed by atoms with Crippen molar-refractivity contribution in [2.75, 3.05) is 0 Å². The van der Waals surface area contributed by atoms with Gasteiger partial charge in [-0.3, -0.25) is 4.79 Å². The molecule has 1 saturated carbocycles. The lowest BCUT2D eigenvalue weighted by Crippen LogP contribution is -2.24. The zero-order valence-corrected chi connectivity index (χ0v) is 11.5. The van der Waals surface area contributed by atoms with Gasteiger partial charge >= 0.3 is 5.97 Å². The fourth-order valence-electron chi connectivity index (χ4n) is 1.90. The predicted octanol–water partition coefficient (Wildman–Crippen LogP) is 3.36. The maximum Gasteiger partial charge on any atom is 0.307 e. The maximum absolute atomic E-state index is 13.3.